The minimum Gasteiger partial charge on any atom is -0.454 e. The molecule has 4 rings (SSSR count). The van der Waals surface area contributed by atoms with Crippen LogP contribution >= 0.6 is 0 Å². The van der Waals surface area contributed by atoms with Gasteiger partial charge in [-0.15, -0.1) is 0 Å². The number of aliphatic hydroxyl groups excluding tert-OH is 1. The first-order chi connectivity index (χ1) is 13.6. The largest absolute Gasteiger partial charge is 0.454 e. The molecule has 0 radical (unpaired) electrons. The minimum atomic E-state index is -0.480. The van der Waals surface area contributed by atoms with E-state index in [1.807, 2.05) is 48.5 Å². The number of amides is 2. The van der Waals surface area contributed by atoms with Gasteiger partial charge in [-0.1, -0.05) is 36.4 Å². The Morgan fingerprint density at radius 2 is 1.96 bits per heavy atom. The molecule has 2 aromatic rings. The van der Waals surface area contributed by atoms with E-state index in [0.717, 1.165) is 11.1 Å². The Morgan fingerprint density at radius 1 is 1.18 bits per heavy atom. The summed E-state index contributed by atoms with van der Waals surface area (Å²) in [7, 11) is 0. The first-order valence-electron chi connectivity index (χ1n) is 9.26. The van der Waals surface area contributed by atoms with E-state index < -0.39 is 12.0 Å². The summed E-state index contributed by atoms with van der Waals surface area (Å²) in [4.78, 5) is 26.7. The highest BCUT2D eigenvalue weighted by molar-refractivity contribution is 5.89. The highest BCUT2D eigenvalue weighted by Gasteiger charge is 2.35. The van der Waals surface area contributed by atoms with Gasteiger partial charge in [-0.2, -0.15) is 0 Å². The highest BCUT2D eigenvalue weighted by Crippen LogP contribution is 2.33. The van der Waals surface area contributed by atoms with Crippen LogP contribution in [0.1, 0.15) is 23.6 Å². The number of nitrogens with zero attached hydrogens (tertiary/aromatic N) is 1. The molecule has 28 heavy (non-hydrogen) atoms. The van der Waals surface area contributed by atoms with Gasteiger partial charge in [0.15, 0.2) is 11.5 Å². The molecule has 2 N–H and O–H groups in total. The number of hydrogen-bond donors (Lipinski definition) is 2. The smallest absolute Gasteiger partial charge is 0.231 e. The van der Waals surface area contributed by atoms with Gasteiger partial charge in [0.05, 0.1) is 18.6 Å². The van der Waals surface area contributed by atoms with Crippen molar-refractivity contribution in [1.82, 2.24) is 10.2 Å². The highest BCUT2D eigenvalue weighted by atomic mass is 16.7. The van der Waals surface area contributed by atoms with E-state index in [9.17, 15) is 14.7 Å². The predicted octanol–water partition coefficient (Wildman–Crippen LogP) is 1.61. The van der Waals surface area contributed by atoms with Gasteiger partial charge >= 0.3 is 0 Å². The maximum atomic E-state index is 12.6. The summed E-state index contributed by atoms with van der Waals surface area (Å²) in [5, 5.41) is 12.5. The number of fused-ring (bicyclic) bond motifs is 1. The van der Waals surface area contributed by atoms with E-state index in [2.05, 4.69) is 5.32 Å². The van der Waals surface area contributed by atoms with Crippen molar-refractivity contribution < 1.29 is 24.2 Å². The Morgan fingerprint density at radius 3 is 2.75 bits per heavy atom. The van der Waals surface area contributed by atoms with Crippen LogP contribution in [-0.2, 0) is 16.1 Å². The molecular weight excluding hydrogens is 360 g/mol. The normalized spacial score (nSPS) is 19.0. The summed E-state index contributed by atoms with van der Waals surface area (Å²) in [5.41, 5.74) is 1.76. The number of carbonyl (C=O) groups excluding carboxylic acids is 2. The summed E-state index contributed by atoms with van der Waals surface area (Å²) in [6, 6.07) is 14.4. The first-order valence-corrected chi connectivity index (χ1v) is 9.26. The van der Waals surface area contributed by atoms with Gasteiger partial charge in [-0.25, -0.2) is 0 Å². The van der Waals surface area contributed by atoms with Crippen LogP contribution in [0.15, 0.2) is 48.5 Å². The van der Waals surface area contributed by atoms with E-state index in [0.29, 0.717) is 24.6 Å². The van der Waals surface area contributed by atoms with Crippen LogP contribution in [-0.4, -0.2) is 41.8 Å². The average molecular weight is 382 g/mol. The number of ether oxygens (including phenoxy) is 2. The van der Waals surface area contributed by atoms with Crippen LogP contribution in [0.5, 0.6) is 11.5 Å². The van der Waals surface area contributed by atoms with Crippen molar-refractivity contribution in [1.29, 1.82) is 0 Å². The molecule has 7 heteroatoms. The van der Waals surface area contributed by atoms with Crippen LogP contribution in [0, 0.1) is 5.92 Å². The average Bonchev–Trinajstić information content (AvgIpc) is 3.33. The maximum absolute atomic E-state index is 12.6. The minimum absolute atomic E-state index is 0.0573. The Kier molecular flexibility index (Phi) is 5.16. The molecule has 7 nitrogen and oxygen atoms in total. The van der Waals surface area contributed by atoms with E-state index >= 15 is 0 Å². The molecule has 2 atom stereocenters. The number of hydrogen-bond acceptors (Lipinski definition) is 5. The molecular formula is C21H22N2O5. The lowest BCUT2D eigenvalue weighted by Gasteiger charge is -2.20. The zero-order valence-corrected chi connectivity index (χ0v) is 15.3. The van der Waals surface area contributed by atoms with Crippen molar-refractivity contribution in [3.8, 4) is 11.5 Å². The third-order valence-corrected chi connectivity index (χ3v) is 5.10. The lowest BCUT2D eigenvalue weighted by atomic mass is 10.0. The quantitative estimate of drug-likeness (QED) is 0.793. The van der Waals surface area contributed by atoms with Crippen molar-refractivity contribution in [2.75, 3.05) is 19.9 Å². The lowest BCUT2D eigenvalue weighted by molar-refractivity contribution is -0.129. The molecule has 0 spiro atoms. The van der Waals surface area contributed by atoms with Gasteiger partial charge in [0, 0.05) is 19.5 Å². The molecule has 2 aromatic carbocycles. The summed E-state index contributed by atoms with van der Waals surface area (Å²) in [5.74, 6) is 0.665. The van der Waals surface area contributed by atoms with Crippen LogP contribution in [0.2, 0.25) is 0 Å². The summed E-state index contributed by atoms with van der Waals surface area (Å²) in [6.07, 6.45) is 0.170. The monoisotopic (exact) mass is 382 g/mol. The first kappa shape index (κ1) is 18.3. The number of aliphatic hydroxyl groups is 1. The lowest BCUT2D eigenvalue weighted by Crippen LogP contribution is -2.36. The van der Waals surface area contributed by atoms with Crippen molar-refractivity contribution >= 4 is 11.8 Å². The number of nitrogens with one attached hydrogen (secondary N) is 1. The second kappa shape index (κ2) is 7.90. The van der Waals surface area contributed by atoms with Gasteiger partial charge in [0.25, 0.3) is 0 Å². The number of benzene rings is 2. The van der Waals surface area contributed by atoms with Gasteiger partial charge in [0.1, 0.15) is 0 Å². The Balaban J connectivity index is 1.38. The molecule has 2 amide bonds. The summed E-state index contributed by atoms with van der Waals surface area (Å²) in [6.45, 7) is 0.780. The fraction of sp³-hybridized carbons (Fsp3) is 0.333. The molecule has 0 saturated carbocycles. The van der Waals surface area contributed by atoms with Crippen LogP contribution < -0.4 is 14.8 Å². The molecule has 1 fully saturated rings. The molecule has 2 aliphatic heterocycles. The third-order valence-electron chi connectivity index (χ3n) is 5.10. The number of carbonyl (C=O) groups is 2. The Labute approximate surface area is 162 Å². The van der Waals surface area contributed by atoms with Gasteiger partial charge in [-0.3, -0.25) is 9.59 Å². The van der Waals surface area contributed by atoms with Crippen LogP contribution in [0.25, 0.3) is 0 Å². The van der Waals surface area contributed by atoms with Crippen molar-refractivity contribution in [2.45, 2.75) is 19.0 Å². The maximum Gasteiger partial charge on any atom is 0.231 e. The van der Waals surface area contributed by atoms with Crippen molar-refractivity contribution in [2.24, 2.45) is 5.92 Å². The van der Waals surface area contributed by atoms with E-state index in [1.54, 1.807) is 4.90 Å². The second-order valence-corrected chi connectivity index (χ2v) is 7.02. The molecule has 2 aliphatic rings. The van der Waals surface area contributed by atoms with Crippen LogP contribution in [0.3, 0.4) is 0 Å². The molecule has 146 valence electrons. The molecule has 2 heterocycles. The fourth-order valence-electron chi connectivity index (χ4n) is 3.57. The van der Waals surface area contributed by atoms with Crippen molar-refractivity contribution in [3.05, 3.63) is 59.7 Å². The zero-order chi connectivity index (χ0) is 19.5. The Hall–Kier alpha value is -3.06. The zero-order valence-electron chi connectivity index (χ0n) is 15.3. The second-order valence-electron chi connectivity index (χ2n) is 7.02. The van der Waals surface area contributed by atoms with Crippen molar-refractivity contribution in [3.63, 3.8) is 0 Å². The van der Waals surface area contributed by atoms with Gasteiger partial charge in [-0.05, 0) is 23.3 Å². The molecule has 0 bridgehead atoms. The fourth-order valence-corrected chi connectivity index (χ4v) is 3.57. The Bertz CT molecular complexity index is 870. The summed E-state index contributed by atoms with van der Waals surface area (Å²) >= 11 is 0. The molecule has 0 aromatic heterocycles. The SMILES string of the molecule is O=C(N[C@@H](CO)c1ccccc1)[C@@H]1CC(=O)N(Cc2ccc3c(c2)OCO3)C1. The molecule has 1 saturated heterocycles. The van der Waals surface area contributed by atoms with E-state index in [1.165, 1.54) is 0 Å². The summed E-state index contributed by atoms with van der Waals surface area (Å²) < 4.78 is 10.7. The third kappa shape index (κ3) is 3.80. The number of likely N-dealkylation sites (tertiary alicyclic amines) is 1. The van der Waals surface area contributed by atoms with Gasteiger partial charge < -0.3 is 24.8 Å². The van der Waals surface area contributed by atoms with Crippen LogP contribution in [0.4, 0.5) is 0 Å². The predicted molar refractivity (Wildman–Crippen MR) is 101 cm³/mol. The molecule has 0 unspecified atom stereocenters. The van der Waals surface area contributed by atoms with E-state index in [-0.39, 0.29) is 31.6 Å². The molecule has 0 aliphatic carbocycles. The topological polar surface area (TPSA) is 88.1 Å². The van der Waals surface area contributed by atoms with E-state index in [4.69, 9.17) is 9.47 Å². The standard InChI is InChI=1S/C21H22N2O5/c24-12-17(15-4-2-1-3-5-15)22-21(26)16-9-20(25)23(11-16)10-14-6-7-18-19(8-14)28-13-27-18/h1-8,16-17,24H,9-13H2,(H,22,26)/t16-,17+/m1/s1. The number of rotatable bonds is 6. The van der Waals surface area contributed by atoms with Gasteiger partial charge in [0.2, 0.25) is 18.6 Å².